The van der Waals surface area contributed by atoms with E-state index >= 15 is 0 Å². The second-order valence-electron chi connectivity index (χ2n) is 14.4. The van der Waals surface area contributed by atoms with E-state index in [0.29, 0.717) is 36.0 Å². The van der Waals surface area contributed by atoms with Crippen LogP contribution in [-0.2, 0) is 29.2 Å². The van der Waals surface area contributed by atoms with Crippen LogP contribution >= 0.6 is 0 Å². The van der Waals surface area contributed by atoms with Crippen LogP contribution in [0.1, 0.15) is 82.1 Å². The minimum atomic E-state index is -0.625. The van der Waals surface area contributed by atoms with Gasteiger partial charge in [0.25, 0.3) is 11.8 Å². The summed E-state index contributed by atoms with van der Waals surface area (Å²) in [7, 11) is 3.54. The highest BCUT2D eigenvalue weighted by atomic mass is 16.2. The number of hydrogen-bond acceptors (Lipinski definition) is 9. The van der Waals surface area contributed by atoms with Crippen LogP contribution in [0.15, 0.2) is 61.2 Å². The summed E-state index contributed by atoms with van der Waals surface area (Å²) in [5.41, 5.74) is 7.27. The molecule has 4 aromatic heterocycles. The summed E-state index contributed by atoms with van der Waals surface area (Å²) in [6.07, 6.45) is 12.7. The standard InChI is InChI=1S/C38H38N10O4/c1-44(2)37(52)31-14-22-15-40-38(43-34(22)48(31)26-5-3-4-6-26)41-32-11-8-28(16-39-32)46-19-24-17-45(18-25(24)20-46)27-7-9-29-23(13-27)21-47(36(29)51)30-10-12-33(49)42-35(30)50/h7-9,11,13-16,19-20,26,30H,3-6,10,12,17-18,21H2,1-2H3,(H,42,49,50)(H,39,40,41,43)/t30-/m1/s1. The van der Waals surface area contributed by atoms with Crippen molar-refractivity contribution in [2.24, 2.45) is 0 Å². The molecule has 5 aromatic rings. The second kappa shape index (κ2) is 12.3. The zero-order valence-electron chi connectivity index (χ0n) is 29.0. The number of nitrogens with one attached hydrogen (secondary N) is 2. The molecule has 2 fully saturated rings. The Kier molecular flexibility index (Phi) is 7.56. The third-order valence-electron chi connectivity index (χ3n) is 10.8. The molecule has 1 aliphatic carbocycles. The number of carbonyl (C=O) groups is 4. The molecule has 7 heterocycles. The predicted octanol–water partition coefficient (Wildman–Crippen LogP) is 4.46. The van der Waals surface area contributed by atoms with Crippen LogP contribution in [-0.4, -0.2) is 77.7 Å². The Balaban J connectivity index is 0.877. The molecule has 1 aromatic carbocycles. The van der Waals surface area contributed by atoms with Gasteiger partial charge in [-0.2, -0.15) is 4.98 Å². The third-order valence-corrected chi connectivity index (χ3v) is 10.8. The van der Waals surface area contributed by atoms with Crippen LogP contribution < -0.4 is 15.5 Å². The molecule has 264 valence electrons. The van der Waals surface area contributed by atoms with Crippen molar-refractivity contribution in [3.63, 3.8) is 0 Å². The molecular weight excluding hydrogens is 660 g/mol. The van der Waals surface area contributed by atoms with E-state index in [1.165, 1.54) is 11.1 Å². The fraction of sp³-hybridized carbons (Fsp3) is 0.342. The lowest BCUT2D eigenvalue weighted by Crippen LogP contribution is -2.52. The quantitative estimate of drug-likeness (QED) is 0.235. The zero-order valence-corrected chi connectivity index (χ0v) is 29.0. The smallest absolute Gasteiger partial charge is 0.270 e. The lowest BCUT2D eigenvalue weighted by atomic mass is 10.0. The fourth-order valence-corrected chi connectivity index (χ4v) is 8.10. The van der Waals surface area contributed by atoms with Gasteiger partial charge < -0.3 is 29.2 Å². The van der Waals surface area contributed by atoms with Gasteiger partial charge in [0, 0.05) is 81.4 Å². The monoisotopic (exact) mass is 698 g/mol. The zero-order chi connectivity index (χ0) is 35.7. The Morgan fingerprint density at radius 3 is 2.37 bits per heavy atom. The van der Waals surface area contributed by atoms with Gasteiger partial charge in [0.2, 0.25) is 17.8 Å². The van der Waals surface area contributed by atoms with Crippen molar-refractivity contribution >= 4 is 52.1 Å². The van der Waals surface area contributed by atoms with Crippen LogP contribution in [0.2, 0.25) is 0 Å². The van der Waals surface area contributed by atoms with E-state index in [0.717, 1.165) is 66.7 Å². The van der Waals surface area contributed by atoms with E-state index in [-0.39, 0.29) is 30.2 Å². The average Bonchev–Trinajstić information content (AvgIpc) is 3.97. The highest BCUT2D eigenvalue weighted by Gasteiger charge is 2.39. The maximum atomic E-state index is 13.1. The molecule has 0 spiro atoms. The van der Waals surface area contributed by atoms with Gasteiger partial charge in [-0.1, -0.05) is 12.8 Å². The van der Waals surface area contributed by atoms with Gasteiger partial charge in [-0.05, 0) is 72.4 Å². The predicted molar refractivity (Wildman–Crippen MR) is 192 cm³/mol. The minimum Gasteiger partial charge on any atom is -0.363 e. The summed E-state index contributed by atoms with van der Waals surface area (Å²) in [6.45, 7) is 1.80. The molecule has 14 heteroatoms. The lowest BCUT2D eigenvalue weighted by Gasteiger charge is -2.29. The number of rotatable bonds is 7. The lowest BCUT2D eigenvalue weighted by molar-refractivity contribution is -0.136. The van der Waals surface area contributed by atoms with Crippen molar-refractivity contribution < 1.29 is 19.2 Å². The number of benzene rings is 1. The molecule has 3 aliphatic heterocycles. The Hall–Kier alpha value is -6.05. The molecular formula is C38H38N10O4. The van der Waals surface area contributed by atoms with E-state index in [4.69, 9.17) is 4.98 Å². The van der Waals surface area contributed by atoms with Gasteiger partial charge in [-0.25, -0.2) is 9.97 Å². The van der Waals surface area contributed by atoms with Gasteiger partial charge in [0.1, 0.15) is 23.2 Å². The largest absolute Gasteiger partial charge is 0.363 e. The SMILES string of the molecule is CN(C)C(=O)c1cc2cnc(Nc3ccc(-n4cc5c(c4)CN(c4ccc6c(c4)CN([C@@H]4CCC(=O)NC4=O)C6=O)C5)cn3)nc2n1C1CCCC1. The number of pyridine rings is 1. The molecule has 4 aliphatic rings. The third kappa shape index (κ3) is 5.45. The maximum absolute atomic E-state index is 13.1. The van der Waals surface area contributed by atoms with Crippen molar-refractivity contribution in [3.8, 4) is 5.69 Å². The average molecular weight is 699 g/mol. The molecule has 1 atom stereocenters. The fourth-order valence-electron chi connectivity index (χ4n) is 8.10. The Bertz CT molecular complexity index is 2260. The number of carbonyl (C=O) groups excluding carboxylic acids is 4. The maximum Gasteiger partial charge on any atom is 0.270 e. The summed E-state index contributed by atoms with van der Waals surface area (Å²) in [4.78, 5) is 69.8. The molecule has 9 rings (SSSR count). The van der Waals surface area contributed by atoms with Crippen LogP contribution in [0.3, 0.4) is 0 Å². The van der Waals surface area contributed by atoms with Crippen LogP contribution in [0.4, 0.5) is 17.5 Å². The number of anilines is 3. The van der Waals surface area contributed by atoms with Gasteiger partial charge >= 0.3 is 0 Å². The van der Waals surface area contributed by atoms with Crippen molar-refractivity contribution in [3.05, 3.63) is 89.1 Å². The van der Waals surface area contributed by atoms with E-state index in [9.17, 15) is 19.2 Å². The highest BCUT2D eigenvalue weighted by molar-refractivity contribution is 6.05. The highest BCUT2D eigenvalue weighted by Crippen LogP contribution is 2.36. The van der Waals surface area contributed by atoms with Crippen molar-refractivity contribution in [1.82, 2.24) is 39.2 Å². The molecule has 4 amide bonds. The summed E-state index contributed by atoms with van der Waals surface area (Å²) >= 11 is 0. The van der Waals surface area contributed by atoms with Gasteiger partial charge in [-0.15, -0.1) is 0 Å². The summed E-state index contributed by atoms with van der Waals surface area (Å²) in [6, 6.07) is 11.3. The number of amides is 4. The first kappa shape index (κ1) is 31.9. The number of hydrogen-bond donors (Lipinski definition) is 2. The van der Waals surface area contributed by atoms with Gasteiger partial charge in [-0.3, -0.25) is 24.5 Å². The molecule has 1 saturated carbocycles. The van der Waals surface area contributed by atoms with Crippen molar-refractivity contribution in [2.75, 3.05) is 24.3 Å². The number of nitrogens with zero attached hydrogens (tertiary/aromatic N) is 8. The first-order valence-corrected chi connectivity index (χ1v) is 17.8. The number of aromatic nitrogens is 5. The molecule has 0 bridgehead atoms. The molecule has 2 N–H and O–H groups in total. The molecule has 0 unspecified atom stereocenters. The van der Waals surface area contributed by atoms with Crippen LogP contribution in [0, 0.1) is 0 Å². The number of piperidine rings is 1. The molecule has 14 nitrogen and oxygen atoms in total. The van der Waals surface area contributed by atoms with E-state index < -0.39 is 11.9 Å². The Morgan fingerprint density at radius 2 is 1.65 bits per heavy atom. The Morgan fingerprint density at radius 1 is 0.885 bits per heavy atom. The number of fused-ring (bicyclic) bond motifs is 3. The van der Waals surface area contributed by atoms with E-state index in [2.05, 4.69) is 47.0 Å². The normalized spacial score (nSPS) is 18.7. The van der Waals surface area contributed by atoms with Crippen molar-refractivity contribution in [2.45, 2.75) is 70.2 Å². The topological polar surface area (TPSA) is 151 Å². The van der Waals surface area contributed by atoms with E-state index in [1.54, 1.807) is 30.1 Å². The van der Waals surface area contributed by atoms with Crippen molar-refractivity contribution in [1.29, 1.82) is 0 Å². The Labute approximate surface area is 299 Å². The molecule has 52 heavy (non-hydrogen) atoms. The second-order valence-corrected chi connectivity index (χ2v) is 14.4. The summed E-state index contributed by atoms with van der Waals surface area (Å²) in [5, 5.41) is 6.45. The first-order chi connectivity index (χ1) is 25.2. The van der Waals surface area contributed by atoms with Gasteiger partial charge in [0.15, 0.2) is 0 Å². The first-order valence-electron chi connectivity index (χ1n) is 17.8. The van der Waals surface area contributed by atoms with Crippen LogP contribution in [0.5, 0.6) is 0 Å². The van der Waals surface area contributed by atoms with E-state index in [1.807, 2.05) is 42.6 Å². The summed E-state index contributed by atoms with van der Waals surface area (Å²) < 4.78 is 4.18. The minimum absolute atomic E-state index is 0.0404. The summed E-state index contributed by atoms with van der Waals surface area (Å²) in [5.74, 6) is 0.138. The van der Waals surface area contributed by atoms with Crippen LogP contribution in [0.25, 0.3) is 16.7 Å². The molecule has 0 radical (unpaired) electrons. The van der Waals surface area contributed by atoms with Gasteiger partial charge in [0.05, 0.1) is 11.9 Å². The number of imide groups is 1. The molecule has 1 saturated heterocycles.